The van der Waals surface area contributed by atoms with Crippen molar-refractivity contribution in [2.45, 2.75) is 20.8 Å². The highest BCUT2D eigenvalue weighted by atomic mass is 79.9. The molecule has 2 aromatic rings. The molecule has 4 nitrogen and oxygen atoms in total. The van der Waals surface area contributed by atoms with E-state index in [0.717, 1.165) is 20.6 Å². The highest BCUT2D eigenvalue weighted by Gasteiger charge is 2.17. The zero-order chi connectivity index (χ0) is 15.6. The Kier molecular flexibility index (Phi) is 5.24. The van der Waals surface area contributed by atoms with Crippen LogP contribution in [0.3, 0.4) is 0 Å². The molecule has 0 aliphatic carbocycles. The molecule has 1 N–H and O–H groups in total. The lowest BCUT2D eigenvalue weighted by atomic mass is 10.2. The molecule has 1 aromatic heterocycles. The lowest BCUT2D eigenvalue weighted by Crippen LogP contribution is -2.06. The Bertz CT molecular complexity index is 688. The number of rotatable bonds is 4. The average molecular weight is 390 g/mol. The molecule has 0 bridgehead atoms. The number of esters is 1. The van der Waals surface area contributed by atoms with E-state index in [2.05, 4.69) is 26.2 Å². The summed E-state index contributed by atoms with van der Waals surface area (Å²) >= 11 is 11.0. The van der Waals surface area contributed by atoms with Crippen LogP contribution in [-0.4, -0.2) is 17.6 Å². The number of anilines is 2. The number of hydrogen-bond donors (Lipinski definition) is 1. The largest absolute Gasteiger partial charge is 0.461 e. The van der Waals surface area contributed by atoms with E-state index in [9.17, 15) is 4.79 Å². The van der Waals surface area contributed by atoms with E-state index >= 15 is 0 Å². The standard InChI is InChI=1S/C14H14BrClN2O2S/c1-4-20-13(19)12-8(3)21-14(18-12)17-11-6-10(16)7(2)5-9(11)15/h5-6H,4H2,1-3H3,(H,17,18). The van der Waals surface area contributed by atoms with Gasteiger partial charge in [-0.2, -0.15) is 0 Å². The van der Waals surface area contributed by atoms with E-state index in [4.69, 9.17) is 16.3 Å². The van der Waals surface area contributed by atoms with Crippen molar-refractivity contribution in [3.8, 4) is 0 Å². The first-order chi connectivity index (χ1) is 9.92. The van der Waals surface area contributed by atoms with Crippen LogP contribution in [0, 0.1) is 13.8 Å². The van der Waals surface area contributed by atoms with Crippen molar-refractivity contribution in [3.63, 3.8) is 0 Å². The average Bonchev–Trinajstić information content (AvgIpc) is 2.77. The number of nitrogens with zero attached hydrogens (tertiary/aromatic N) is 1. The van der Waals surface area contributed by atoms with Gasteiger partial charge < -0.3 is 10.1 Å². The van der Waals surface area contributed by atoms with Gasteiger partial charge >= 0.3 is 5.97 Å². The minimum atomic E-state index is -0.402. The Hall–Kier alpha value is -1.11. The van der Waals surface area contributed by atoms with E-state index in [1.807, 2.05) is 26.0 Å². The lowest BCUT2D eigenvalue weighted by molar-refractivity contribution is 0.0519. The quantitative estimate of drug-likeness (QED) is 0.739. The fraction of sp³-hybridized carbons (Fsp3) is 0.286. The molecule has 0 saturated heterocycles. The summed E-state index contributed by atoms with van der Waals surface area (Å²) < 4.78 is 5.86. The van der Waals surface area contributed by atoms with E-state index in [-0.39, 0.29) is 0 Å². The van der Waals surface area contributed by atoms with Crippen LogP contribution in [0.25, 0.3) is 0 Å². The summed E-state index contributed by atoms with van der Waals surface area (Å²) in [4.78, 5) is 16.9. The Morgan fingerprint density at radius 2 is 2.19 bits per heavy atom. The van der Waals surface area contributed by atoms with Gasteiger partial charge in [-0.25, -0.2) is 9.78 Å². The van der Waals surface area contributed by atoms with Crippen LogP contribution < -0.4 is 5.32 Å². The van der Waals surface area contributed by atoms with Crippen LogP contribution in [-0.2, 0) is 4.74 Å². The summed E-state index contributed by atoms with van der Waals surface area (Å²) in [6.45, 7) is 5.87. The second-order valence-electron chi connectivity index (χ2n) is 4.35. The molecule has 0 amide bonds. The number of benzene rings is 1. The van der Waals surface area contributed by atoms with Gasteiger partial charge in [-0.05, 0) is 54.4 Å². The summed E-state index contributed by atoms with van der Waals surface area (Å²) in [7, 11) is 0. The van der Waals surface area contributed by atoms with Crippen LogP contribution >= 0.6 is 38.9 Å². The number of halogens is 2. The number of ether oxygens (including phenoxy) is 1. The van der Waals surface area contributed by atoms with E-state index in [1.54, 1.807) is 6.92 Å². The van der Waals surface area contributed by atoms with Crippen LogP contribution in [0.1, 0.15) is 27.9 Å². The van der Waals surface area contributed by atoms with Crippen LogP contribution in [0.15, 0.2) is 16.6 Å². The number of aryl methyl sites for hydroxylation is 2. The van der Waals surface area contributed by atoms with Gasteiger partial charge in [0.25, 0.3) is 0 Å². The summed E-state index contributed by atoms with van der Waals surface area (Å²) in [6, 6.07) is 3.75. The molecule has 0 aliphatic rings. The second kappa shape index (κ2) is 6.77. The topological polar surface area (TPSA) is 51.2 Å². The van der Waals surface area contributed by atoms with Gasteiger partial charge in [0, 0.05) is 14.4 Å². The van der Waals surface area contributed by atoms with E-state index < -0.39 is 5.97 Å². The minimum absolute atomic E-state index is 0.331. The molecule has 0 aliphatic heterocycles. The normalized spacial score (nSPS) is 10.5. The summed E-state index contributed by atoms with van der Waals surface area (Å²) in [5.41, 5.74) is 2.13. The van der Waals surface area contributed by atoms with Crippen LogP contribution in [0.4, 0.5) is 10.8 Å². The van der Waals surface area contributed by atoms with Gasteiger partial charge in [0.1, 0.15) is 0 Å². The maximum absolute atomic E-state index is 11.8. The lowest BCUT2D eigenvalue weighted by Gasteiger charge is -2.08. The Morgan fingerprint density at radius 1 is 1.48 bits per heavy atom. The van der Waals surface area contributed by atoms with Gasteiger partial charge in [-0.1, -0.05) is 11.6 Å². The first kappa shape index (κ1) is 16.3. The molecule has 0 radical (unpaired) electrons. The highest BCUT2D eigenvalue weighted by molar-refractivity contribution is 9.10. The Labute approximate surface area is 140 Å². The molecular formula is C14H14BrClN2O2S. The SMILES string of the molecule is CCOC(=O)c1nc(Nc2cc(Cl)c(C)cc2Br)sc1C. The molecule has 0 unspecified atom stereocenters. The number of carbonyl (C=O) groups excluding carboxylic acids is 1. The number of aromatic nitrogens is 1. The van der Waals surface area contributed by atoms with Gasteiger partial charge in [0.15, 0.2) is 10.8 Å². The van der Waals surface area contributed by atoms with Crippen LogP contribution in [0.5, 0.6) is 0 Å². The number of thiazole rings is 1. The molecule has 112 valence electrons. The van der Waals surface area contributed by atoms with Crippen molar-refractivity contribution >= 4 is 55.7 Å². The first-order valence-corrected chi connectivity index (χ1v) is 8.28. The maximum Gasteiger partial charge on any atom is 0.358 e. The third kappa shape index (κ3) is 3.75. The monoisotopic (exact) mass is 388 g/mol. The van der Waals surface area contributed by atoms with Gasteiger partial charge in [0.05, 0.1) is 12.3 Å². The van der Waals surface area contributed by atoms with Crippen molar-refractivity contribution < 1.29 is 9.53 Å². The van der Waals surface area contributed by atoms with Crippen molar-refractivity contribution in [1.29, 1.82) is 0 Å². The molecule has 1 aromatic carbocycles. The maximum atomic E-state index is 11.8. The van der Waals surface area contributed by atoms with Gasteiger partial charge in [-0.3, -0.25) is 0 Å². The first-order valence-electron chi connectivity index (χ1n) is 6.29. The predicted octanol–water partition coefficient (Wildman–Crippen LogP) is 5.10. The van der Waals surface area contributed by atoms with Crippen LogP contribution in [0.2, 0.25) is 5.02 Å². The fourth-order valence-electron chi connectivity index (χ4n) is 1.70. The zero-order valence-electron chi connectivity index (χ0n) is 11.8. The van der Waals surface area contributed by atoms with Gasteiger partial charge in [0.2, 0.25) is 0 Å². The Balaban J connectivity index is 2.27. The predicted molar refractivity (Wildman–Crippen MR) is 90.0 cm³/mol. The Morgan fingerprint density at radius 3 is 2.86 bits per heavy atom. The molecule has 0 atom stereocenters. The fourth-order valence-corrected chi connectivity index (χ4v) is 3.23. The molecule has 0 spiro atoms. The molecule has 1 heterocycles. The van der Waals surface area contributed by atoms with Crippen molar-refractivity contribution in [2.75, 3.05) is 11.9 Å². The number of carbonyl (C=O) groups is 1. The zero-order valence-corrected chi connectivity index (χ0v) is 14.9. The molecule has 2 rings (SSSR count). The molecule has 0 fully saturated rings. The van der Waals surface area contributed by atoms with Crippen molar-refractivity contribution in [2.24, 2.45) is 0 Å². The molecular weight excluding hydrogens is 376 g/mol. The van der Waals surface area contributed by atoms with E-state index in [1.165, 1.54) is 11.3 Å². The summed E-state index contributed by atoms with van der Waals surface area (Å²) in [6.07, 6.45) is 0. The van der Waals surface area contributed by atoms with Crippen molar-refractivity contribution in [3.05, 3.63) is 37.8 Å². The second-order valence-corrected chi connectivity index (χ2v) is 6.82. The number of hydrogen-bond acceptors (Lipinski definition) is 5. The highest BCUT2D eigenvalue weighted by Crippen LogP contribution is 2.33. The summed E-state index contributed by atoms with van der Waals surface area (Å²) in [5.74, 6) is -0.402. The third-order valence-corrected chi connectivity index (χ3v) is 4.70. The van der Waals surface area contributed by atoms with Gasteiger partial charge in [-0.15, -0.1) is 11.3 Å². The molecule has 21 heavy (non-hydrogen) atoms. The smallest absolute Gasteiger partial charge is 0.358 e. The van der Waals surface area contributed by atoms with Crippen molar-refractivity contribution in [1.82, 2.24) is 4.98 Å². The minimum Gasteiger partial charge on any atom is -0.461 e. The van der Waals surface area contributed by atoms with E-state index in [0.29, 0.717) is 22.5 Å². The number of nitrogens with one attached hydrogen (secondary N) is 1. The summed E-state index contributed by atoms with van der Waals surface area (Å²) in [5, 5.41) is 4.45. The molecule has 7 heteroatoms. The molecule has 0 saturated carbocycles. The third-order valence-electron chi connectivity index (χ3n) is 2.76.